The van der Waals surface area contributed by atoms with Crippen molar-refractivity contribution in [3.05, 3.63) is 64.5 Å². The quantitative estimate of drug-likeness (QED) is 0.730. The van der Waals surface area contributed by atoms with E-state index in [1.165, 1.54) is 0 Å². The van der Waals surface area contributed by atoms with Crippen LogP contribution in [0.3, 0.4) is 0 Å². The summed E-state index contributed by atoms with van der Waals surface area (Å²) in [6.07, 6.45) is 2.02. The molecule has 144 valence electrons. The Kier molecular flexibility index (Phi) is 5.05. The van der Waals surface area contributed by atoms with Crippen molar-refractivity contribution in [2.75, 3.05) is 13.1 Å². The van der Waals surface area contributed by atoms with E-state index < -0.39 is 0 Å². The number of nitrogens with zero attached hydrogens (tertiary/aromatic N) is 2. The number of carbonyl (C=O) groups is 2. The fourth-order valence-corrected chi connectivity index (χ4v) is 3.79. The molecule has 0 unspecified atom stereocenters. The average Bonchev–Trinajstić information content (AvgIpc) is 3.08. The largest absolute Gasteiger partial charge is 0.440 e. The Labute approximate surface area is 167 Å². The molecule has 0 radical (unpaired) electrons. The summed E-state index contributed by atoms with van der Waals surface area (Å²) in [5.41, 5.74) is 8.19. The maximum Gasteiger partial charge on any atom is 0.254 e. The van der Waals surface area contributed by atoms with Gasteiger partial charge < -0.3 is 15.1 Å². The van der Waals surface area contributed by atoms with E-state index in [-0.39, 0.29) is 17.7 Å². The zero-order valence-corrected chi connectivity index (χ0v) is 16.0. The summed E-state index contributed by atoms with van der Waals surface area (Å²) in [6, 6.07) is 12.8. The molecule has 3 aromatic rings. The molecule has 2 amide bonds. The molecule has 1 atom stereocenters. The molecule has 1 aromatic heterocycles. The Hall–Kier alpha value is -2.86. The molecule has 0 saturated carbocycles. The number of piperidine rings is 1. The lowest BCUT2D eigenvalue weighted by atomic mass is 9.97. The number of likely N-dealkylation sites (tertiary alicyclic amines) is 1. The van der Waals surface area contributed by atoms with E-state index in [1.54, 1.807) is 23.1 Å². The summed E-state index contributed by atoms with van der Waals surface area (Å²) in [6.45, 7) is 0.986. The summed E-state index contributed by atoms with van der Waals surface area (Å²) < 4.78 is 5.85. The standard InChI is InChI=1S/C21H20ClN3O3/c22-16-5-1-3-13(9-16)10-19-24-17-7-6-14(11-18(17)28-19)21(27)25-8-2-4-15(12-25)20(23)26/h1,3,5-7,9,11,15H,2,4,8,10,12H2,(H2,23,26)/t15-/m1/s1. The van der Waals surface area contributed by atoms with Crippen molar-refractivity contribution < 1.29 is 14.0 Å². The number of oxazole rings is 1. The van der Waals surface area contributed by atoms with Gasteiger partial charge in [-0.2, -0.15) is 0 Å². The van der Waals surface area contributed by atoms with Gasteiger partial charge in [-0.05, 0) is 48.7 Å². The smallest absolute Gasteiger partial charge is 0.254 e. The number of halogens is 1. The van der Waals surface area contributed by atoms with Gasteiger partial charge in [-0.3, -0.25) is 9.59 Å². The van der Waals surface area contributed by atoms with Crippen molar-refractivity contribution in [2.45, 2.75) is 19.3 Å². The van der Waals surface area contributed by atoms with Gasteiger partial charge in [0.1, 0.15) is 5.52 Å². The van der Waals surface area contributed by atoms with Crippen molar-refractivity contribution in [2.24, 2.45) is 11.7 Å². The fraction of sp³-hybridized carbons (Fsp3) is 0.286. The second kappa shape index (κ2) is 7.64. The zero-order chi connectivity index (χ0) is 19.7. The number of amides is 2. The van der Waals surface area contributed by atoms with E-state index in [0.717, 1.165) is 18.4 Å². The number of hydrogen-bond donors (Lipinski definition) is 1. The summed E-state index contributed by atoms with van der Waals surface area (Å²) in [7, 11) is 0. The van der Waals surface area contributed by atoms with E-state index in [2.05, 4.69) is 4.98 Å². The van der Waals surface area contributed by atoms with E-state index in [4.69, 9.17) is 21.8 Å². The maximum atomic E-state index is 12.8. The summed E-state index contributed by atoms with van der Waals surface area (Å²) in [4.78, 5) is 30.5. The number of aromatic nitrogens is 1. The Morgan fingerprint density at radius 2 is 2.11 bits per heavy atom. The topological polar surface area (TPSA) is 89.4 Å². The molecular formula is C21H20ClN3O3. The van der Waals surface area contributed by atoms with Crippen LogP contribution in [-0.2, 0) is 11.2 Å². The highest BCUT2D eigenvalue weighted by Gasteiger charge is 2.27. The number of hydrogen-bond acceptors (Lipinski definition) is 4. The Morgan fingerprint density at radius 1 is 1.25 bits per heavy atom. The molecule has 2 aromatic carbocycles. The second-order valence-corrected chi connectivity index (χ2v) is 7.53. The van der Waals surface area contributed by atoms with Crippen LogP contribution in [0.5, 0.6) is 0 Å². The van der Waals surface area contributed by atoms with E-state index in [9.17, 15) is 9.59 Å². The minimum atomic E-state index is -0.353. The van der Waals surface area contributed by atoms with E-state index in [1.807, 2.05) is 24.3 Å². The number of benzene rings is 2. The molecule has 2 N–H and O–H groups in total. The number of carbonyl (C=O) groups excluding carboxylic acids is 2. The van der Waals surface area contributed by atoms with Crippen LogP contribution in [0.2, 0.25) is 5.02 Å². The van der Waals surface area contributed by atoms with Gasteiger partial charge >= 0.3 is 0 Å². The molecule has 6 nitrogen and oxygen atoms in total. The second-order valence-electron chi connectivity index (χ2n) is 7.09. The van der Waals surface area contributed by atoms with Gasteiger partial charge in [0.25, 0.3) is 5.91 Å². The van der Waals surface area contributed by atoms with Gasteiger partial charge in [0, 0.05) is 30.1 Å². The van der Waals surface area contributed by atoms with Gasteiger partial charge in [0.2, 0.25) is 5.91 Å². The Bertz CT molecular complexity index is 1050. The molecule has 2 heterocycles. The molecule has 1 aliphatic rings. The minimum Gasteiger partial charge on any atom is -0.440 e. The summed E-state index contributed by atoms with van der Waals surface area (Å²) in [5, 5.41) is 0.664. The molecule has 0 aliphatic carbocycles. The van der Waals surface area contributed by atoms with Gasteiger partial charge in [-0.25, -0.2) is 4.98 Å². The maximum absolute atomic E-state index is 12.8. The van der Waals surface area contributed by atoms with Crippen molar-refractivity contribution in [1.29, 1.82) is 0 Å². The fourth-order valence-electron chi connectivity index (χ4n) is 3.58. The number of rotatable bonds is 4. The first-order chi connectivity index (χ1) is 13.5. The van der Waals surface area contributed by atoms with Gasteiger partial charge in [0.05, 0.1) is 5.92 Å². The lowest BCUT2D eigenvalue weighted by Crippen LogP contribution is -2.44. The lowest BCUT2D eigenvalue weighted by Gasteiger charge is -2.31. The van der Waals surface area contributed by atoms with Gasteiger partial charge in [-0.15, -0.1) is 0 Å². The first-order valence-corrected chi connectivity index (χ1v) is 9.60. The minimum absolute atomic E-state index is 0.124. The van der Waals surface area contributed by atoms with Crippen molar-refractivity contribution in [3.63, 3.8) is 0 Å². The molecule has 1 fully saturated rings. The predicted molar refractivity (Wildman–Crippen MR) is 106 cm³/mol. The van der Waals surface area contributed by atoms with Crippen LogP contribution >= 0.6 is 11.6 Å². The molecular weight excluding hydrogens is 378 g/mol. The lowest BCUT2D eigenvalue weighted by molar-refractivity contribution is -0.123. The Balaban J connectivity index is 1.54. The van der Waals surface area contributed by atoms with E-state index in [0.29, 0.717) is 47.1 Å². The van der Waals surface area contributed by atoms with E-state index >= 15 is 0 Å². The van der Waals surface area contributed by atoms with Crippen molar-refractivity contribution in [1.82, 2.24) is 9.88 Å². The highest BCUT2D eigenvalue weighted by Crippen LogP contribution is 2.23. The number of nitrogens with two attached hydrogens (primary N) is 1. The predicted octanol–water partition coefficient (Wildman–Crippen LogP) is 3.41. The van der Waals surface area contributed by atoms with Crippen molar-refractivity contribution in [3.8, 4) is 0 Å². The van der Waals surface area contributed by atoms with Crippen LogP contribution in [0, 0.1) is 5.92 Å². The number of fused-ring (bicyclic) bond motifs is 1. The molecule has 1 aliphatic heterocycles. The third-order valence-corrected chi connectivity index (χ3v) is 5.27. The monoisotopic (exact) mass is 397 g/mol. The summed E-state index contributed by atoms with van der Waals surface area (Å²) in [5.74, 6) is -0.195. The molecule has 0 bridgehead atoms. The molecule has 28 heavy (non-hydrogen) atoms. The van der Waals surface area contributed by atoms with Crippen LogP contribution < -0.4 is 5.73 Å². The molecule has 1 saturated heterocycles. The van der Waals surface area contributed by atoms with Crippen LogP contribution in [0.15, 0.2) is 46.9 Å². The highest BCUT2D eigenvalue weighted by atomic mass is 35.5. The zero-order valence-electron chi connectivity index (χ0n) is 15.2. The molecule has 7 heteroatoms. The normalized spacial score (nSPS) is 17.0. The SMILES string of the molecule is NC(=O)[C@@H]1CCCN(C(=O)c2ccc3nc(Cc4cccc(Cl)c4)oc3c2)C1. The Morgan fingerprint density at radius 3 is 2.89 bits per heavy atom. The van der Waals surface area contributed by atoms with Crippen LogP contribution in [0.4, 0.5) is 0 Å². The molecule has 0 spiro atoms. The van der Waals surface area contributed by atoms with Gasteiger partial charge in [-0.1, -0.05) is 23.7 Å². The van der Waals surface area contributed by atoms with Gasteiger partial charge in [0.15, 0.2) is 11.5 Å². The van der Waals surface area contributed by atoms with Crippen LogP contribution in [0.1, 0.15) is 34.7 Å². The van der Waals surface area contributed by atoms with Crippen molar-refractivity contribution >= 4 is 34.5 Å². The average molecular weight is 398 g/mol. The van der Waals surface area contributed by atoms with Crippen LogP contribution in [0.25, 0.3) is 11.1 Å². The first kappa shape index (κ1) is 18.5. The number of primary amides is 1. The molecule has 4 rings (SSSR count). The third kappa shape index (κ3) is 3.87. The summed E-state index contributed by atoms with van der Waals surface area (Å²) >= 11 is 6.03. The first-order valence-electron chi connectivity index (χ1n) is 9.22. The highest BCUT2D eigenvalue weighted by molar-refractivity contribution is 6.30. The van der Waals surface area contributed by atoms with Crippen LogP contribution in [-0.4, -0.2) is 34.8 Å². The third-order valence-electron chi connectivity index (χ3n) is 5.04.